The van der Waals surface area contributed by atoms with Crippen LogP contribution in [0.15, 0.2) is 48.7 Å². The molecule has 1 aliphatic rings. The first-order chi connectivity index (χ1) is 9.83. The van der Waals surface area contributed by atoms with Crippen LogP contribution in [-0.2, 0) is 0 Å². The number of ether oxygens (including phenoxy) is 1. The second-order valence-corrected chi connectivity index (χ2v) is 5.38. The lowest BCUT2D eigenvalue weighted by atomic mass is 9.95. The van der Waals surface area contributed by atoms with Gasteiger partial charge in [-0.25, -0.2) is 4.98 Å². The molecule has 1 saturated heterocycles. The molecular formula is C17H20N2O. The van der Waals surface area contributed by atoms with Crippen molar-refractivity contribution >= 4 is 0 Å². The molecule has 2 atom stereocenters. The van der Waals surface area contributed by atoms with Crippen LogP contribution in [0.3, 0.4) is 0 Å². The van der Waals surface area contributed by atoms with Gasteiger partial charge in [0.2, 0.25) is 5.88 Å². The van der Waals surface area contributed by atoms with E-state index in [9.17, 15) is 0 Å². The lowest BCUT2D eigenvalue weighted by Crippen LogP contribution is -2.21. The Bertz CT molecular complexity index is 533. The summed E-state index contributed by atoms with van der Waals surface area (Å²) in [7, 11) is 0. The van der Waals surface area contributed by atoms with Crippen molar-refractivity contribution in [2.45, 2.75) is 19.4 Å². The summed E-state index contributed by atoms with van der Waals surface area (Å²) >= 11 is 0. The third kappa shape index (κ3) is 2.99. The van der Waals surface area contributed by atoms with Crippen LogP contribution < -0.4 is 10.1 Å². The van der Waals surface area contributed by atoms with Crippen LogP contribution in [0.4, 0.5) is 0 Å². The van der Waals surface area contributed by atoms with Crippen molar-refractivity contribution in [3.8, 4) is 5.88 Å². The molecule has 0 unspecified atom stereocenters. The third-order valence-electron chi connectivity index (χ3n) is 3.79. The zero-order valence-electron chi connectivity index (χ0n) is 11.8. The van der Waals surface area contributed by atoms with E-state index in [0.717, 1.165) is 25.1 Å². The minimum absolute atomic E-state index is 0.0707. The monoisotopic (exact) mass is 268 g/mol. The SMILES string of the molecule is Cc1ccc(O[C@@H](c2ccccc2)[C@H]2CCNC2)nc1. The number of rotatable bonds is 4. The minimum atomic E-state index is 0.0707. The Morgan fingerprint density at radius 1 is 1.20 bits per heavy atom. The van der Waals surface area contributed by atoms with E-state index >= 15 is 0 Å². The Morgan fingerprint density at radius 2 is 2.05 bits per heavy atom. The van der Waals surface area contributed by atoms with Gasteiger partial charge in [0.15, 0.2) is 0 Å². The third-order valence-corrected chi connectivity index (χ3v) is 3.79. The summed E-state index contributed by atoms with van der Waals surface area (Å²) in [5, 5.41) is 3.42. The first kappa shape index (κ1) is 13.1. The van der Waals surface area contributed by atoms with E-state index in [-0.39, 0.29) is 6.10 Å². The molecule has 104 valence electrons. The van der Waals surface area contributed by atoms with Gasteiger partial charge in [-0.1, -0.05) is 36.4 Å². The number of benzene rings is 1. The van der Waals surface area contributed by atoms with Gasteiger partial charge >= 0.3 is 0 Å². The highest BCUT2D eigenvalue weighted by molar-refractivity contribution is 5.22. The van der Waals surface area contributed by atoms with Crippen LogP contribution in [0, 0.1) is 12.8 Å². The molecule has 0 bridgehead atoms. The largest absolute Gasteiger partial charge is 0.469 e. The van der Waals surface area contributed by atoms with Crippen molar-refractivity contribution in [2.75, 3.05) is 13.1 Å². The standard InChI is InChI=1S/C17H20N2O/c1-13-7-8-16(19-11-13)20-17(15-9-10-18-12-15)14-5-3-2-4-6-14/h2-8,11,15,17-18H,9-10,12H2,1H3/t15-,17-/m0/s1. The van der Waals surface area contributed by atoms with E-state index in [2.05, 4.69) is 34.6 Å². The normalized spacial score (nSPS) is 19.8. The lowest BCUT2D eigenvalue weighted by molar-refractivity contribution is 0.138. The van der Waals surface area contributed by atoms with Crippen molar-refractivity contribution in [1.29, 1.82) is 0 Å². The summed E-state index contributed by atoms with van der Waals surface area (Å²) in [5.41, 5.74) is 2.37. The highest BCUT2D eigenvalue weighted by Crippen LogP contribution is 2.31. The van der Waals surface area contributed by atoms with Gasteiger partial charge in [0.1, 0.15) is 6.10 Å². The maximum absolute atomic E-state index is 6.19. The lowest BCUT2D eigenvalue weighted by Gasteiger charge is -2.24. The zero-order chi connectivity index (χ0) is 13.8. The average molecular weight is 268 g/mol. The highest BCUT2D eigenvalue weighted by atomic mass is 16.5. The molecule has 3 heteroatoms. The molecule has 1 aliphatic heterocycles. The van der Waals surface area contributed by atoms with E-state index in [1.807, 2.05) is 31.3 Å². The summed E-state index contributed by atoms with van der Waals surface area (Å²) in [6, 6.07) is 14.4. The van der Waals surface area contributed by atoms with Gasteiger partial charge < -0.3 is 10.1 Å². The first-order valence-electron chi connectivity index (χ1n) is 7.18. The van der Waals surface area contributed by atoms with Crippen LogP contribution in [0.5, 0.6) is 5.88 Å². The van der Waals surface area contributed by atoms with Crippen molar-refractivity contribution in [1.82, 2.24) is 10.3 Å². The Hall–Kier alpha value is -1.87. The fourth-order valence-electron chi connectivity index (χ4n) is 2.67. The molecule has 1 aromatic heterocycles. The number of hydrogen-bond acceptors (Lipinski definition) is 3. The summed E-state index contributed by atoms with van der Waals surface area (Å²) in [5.74, 6) is 1.21. The first-order valence-corrected chi connectivity index (χ1v) is 7.18. The second-order valence-electron chi connectivity index (χ2n) is 5.38. The van der Waals surface area contributed by atoms with Crippen molar-refractivity contribution in [2.24, 2.45) is 5.92 Å². The van der Waals surface area contributed by atoms with E-state index in [0.29, 0.717) is 11.8 Å². The van der Waals surface area contributed by atoms with Crippen molar-refractivity contribution < 1.29 is 4.74 Å². The maximum Gasteiger partial charge on any atom is 0.213 e. The van der Waals surface area contributed by atoms with Gasteiger partial charge in [-0.05, 0) is 31.0 Å². The fourth-order valence-corrected chi connectivity index (χ4v) is 2.67. The number of aromatic nitrogens is 1. The van der Waals surface area contributed by atoms with Gasteiger partial charge in [-0.3, -0.25) is 0 Å². The molecule has 1 N–H and O–H groups in total. The minimum Gasteiger partial charge on any atom is -0.469 e. The molecule has 1 aromatic carbocycles. The Labute approximate surface area is 120 Å². The number of nitrogens with one attached hydrogen (secondary N) is 1. The van der Waals surface area contributed by atoms with E-state index in [4.69, 9.17) is 4.74 Å². The van der Waals surface area contributed by atoms with E-state index < -0.39 is 0 Å². The molecule has 0 aliphatic carbocycles. The smallest absolute Gasteiger partial charge is 0.213 e. The number of hydrogen-bond donors (Lipinski definition) is 1. The summed E-state index contributed by atoms with van der Waals surface area (Å²) in [6.07, 6.45) is 3.07. The van der Waals surface area contributed by atoms with Crippen molar-refractivity contribution in [3.63, 3.8) is 0 Å². The van der Waals surface area contributed by atoms with E-state index in [1.54, 1.807) is 0 Å². The fraction of sp³-hybridized carbons (Fsp3) is 0.353. The van der Waals surface area contributed by atoms with Crippen LogP contribution >= 0.6 is 0 Å². The molecule has 2 heterocycles. The van der Waals surface area contributed by atoms with E-state index in [1.165, 1.54) is 5.56 Å². The Balaban J connectivity index is 1.83. The van der Waals surface area contributed by atoms with Gasteiger partial charge in [0.05, 0.1) is 0 Å². The molecule has 0 saturated carbocycles. The predicted molar refractivity (Wildman–Crippen MR) is 79.8 cm³/mol. The number of nitrogens with zero attached hydrogens (tertiary/aromatic N) is 1. The number of pyridine rings is 1. The molecule has 0 radical (unpaired) electrons. The zero-order valence-corrected chi connectivity index (χ0v) is 11.8. The number of aryl methyl sites for hydroxylation is 1. The average Bonchev–Trinajstić information content (AvgIpc) is 3.01. The molecule has 2 aromatic rings. The van der Waals surface area contributed by atoms with Gasteiger partial charge in [0.25, 0.3) is 0 Å². The highest BCUT2D eigenvalue weighted by Gasteiger charge is 2.28. The molecule has 0 spiro atoms. The van der Waals surface area contributed by atoms with Crippen LogP contribution in [0.25, 0.3) is 0 Å². The molecular weight excluding hydrogens is 248 g/mol. The summed E-state index contributed by atoms with van der Waals surface area (Å²) in [6.45, 7) is 4.11. The maximum atomic E-state index is 6.19. The molecule has 1 fully saturated rings. The van der Waals surface area contributed by atoms with Crippen LogP contribution in [-0.4, -0.2) is 18.1 Å². The van der Waals surface area contributed by atoms with Crippen LogP contribution in [0.2, 0.25) is 0 Å². The molecule has 0 amide bonds. The van der Waals surface area contributed by atoms with Gasteiger partial charge in [-0.15, -0.1) is 0 Å². The second kappa shape index (κ2) is 6.06. The summed E-state index contributed by atoms with van der Waals surface area (Å²) in [4.78, 5) is 4.37. The van der Waals surface area contributed by atoms with Crippen molar-refractivity contribution in [3.05, 3.63) is 59.8 Å². The summed E-state index contributed by atoms with van der Waals surface area (Å²) < 4.78 is 6.19. The molecule has 3 nitrogen and oxygen atoms in total. The quantitative estimate of drug-likeness (QED) is 0.925. The predicted octanol–water partition coefficient (Wildman–Crippen LogP) is 3.12. The molecule has 3 rings (SSSR count). The Kier molecular flexibility index (Phi) is 3.97. The van der Waals surface area contributed by atoms with Crippen LogP contribution in [0.1, 0.15) is 23.7 Å². The van der Waals surface area contributed by atoms with Gasteiger partial charge in [0, 0.05) is 24.7 Å². The Morgan fingerprint density at radius 3 is 2.70 bits per heavy atom. The topological polar surface area (TPSA) is 34.1 Å². The van der Waals surface area contributed by atoms with Gasteiger partial charge in [-0.2, -0.15) is 0 Å². The molecule has 20 heavy (non-hydrogen) atoms.